The van der Waals surface area contributed by atoms with E-state index in [4.69, 9.17) is 0 Å². The van der Waals surface area contributed by atoms with Gasteiger partial charge in [0.2, 0.25) is 0 Å². The maximum atomic E-state index is 4.47. The smallest absolute Gasteiger partial charge is 0.0561 e. The first kappa shape index (κ1) is 30.9. The molecule has 0 fully saturated rings. The third kappa shape index (κ3) is 5.03. The quantitative estimate of drug-likeness (QED) is 0.176. The molecule has 0 amide bonds. The molecule has 0 spiro atoms. The molecule has 10 rings (SSSR count). The summed E-state index contributed by atoms with van der Waals surface area (Å²) in [5, 5.41) is 4.68. The van der Waals surface area contributed by atoms with Crippen molar-refractivity contribution in [2.75, 3.05) is 4.90 Å². The number of hydrogen-bond acceptors (Lipinski definition) is 1. The van der Waals surface area contributed by atoms with Gasteiger partial charge in [-0.1, -0.05) is 140 Å². The van der Waals surface area contributed by atoms with E-state index in [1.807, 2.05) is 0 Å². The highest BCUT2D eigenvalue weighted by Crippen LogP contribution is 2.48. The predicted molar refractivity (Wildman–Crippen MR) is 224 cm³/mol. The number of aromatic nitrogens is 1. The van der Waals surface area contributed by atoms with Crippen LogP contribution in [0.3, 0.4) is 0 Å². The third-order valence-electron chi connectivity index (χ3n) is 10.8. The van der Waals surface area contributed by atoms with Crippen LogP contribution in [0.5, 0.6) is 0 Å². The largest absolute Gasteiger partial charge is 0.310 e. The zero-order chi connectivity index (χ0) is 35.5. The number of para-hydroxylation sites is 2. The molecule has 1 aromatic heterocycles. The minimum absolute atomic E-state index is 1.03. The Labute approximate surface area is 309 Å². The van der Waals surface area contributed by atoms with Crippen molar-refractivity contribution in [3.05, 3.63) is 215 Å². The molecule has 1 heterocycles. The van der Waals surface area contributed by atoms with Crippen LogP contribution in [-0.4, -0.2) is 4.57 Å². The fourth-order valence-electron chi connectivity index (χ4n) is 8.35. The average Bonchev–Trinajstić information content (AvgIpc) is 3.72. The van der Waals surface area contributed by atoms with Crippen molar-refractivity contribution in [3.8, 4) is 27.9 Å². The van der Waals surface area contributed by atoms with E-state index in [-0.39, 0.29) is 0 Å². The number of nitrogens with zero attached hydrogens (tertiary/aromatic N) is 2. The summed E-state index contributed by atoms with van der Waals surface area (Å²) >= 11 is 0. The van der Waals surface area contributed by atoms with E-state index in [9.17, 15) is 0 Å². The molecular weight excluding hydrogens is 641 g/mol. The lowest BCUT2D eigenvalue weighted by Crippen LogP contribution is -2.25. The van der Waals surface area contributed by atoms with E-state index >= 15 is 0 Å². The fraction of sp³-hybridized carbons (Fsp3) is 0.0196. The second-order valence-corrected chi connectivity index (χ2v) is 13.9. The van der Waals surface area contributed by atoms with Crippen LogP contribution in [0.4, 0.5) is 17.1 Å². The van der Waals surface area contributed by atoms with Gasteiger partial charge in [0, 0.05) is 33.5 Å². The van der Waals surface area contributed by atoms with Gasteiger partial charge in [0.05, 0.1) is 11.0 Å². The number of hydrogen-bond donors (Lipinski definition) is 0. The number of benzene rings is 8. The Kier molecular flexibility index (Phi) is 7.23. The van der Waals surface area contributed by atoms with Crippen LogP contribution in [0.2, 0.25) is 0 Å². The highest BCUT2D eigenvalue weighted by Gasteiger charge is 2.27. The summed E-state index contributed by atoms with van der Waals surface area (Å²) in [5.74, 6) is 0. The molecule has 0 N–H and O–H groups in total. The van der Waals surface area contributed by atoms with Crippen molar-refractivity contribution in [1.82, 2.24) is 4.57 Å². The second-order valence-electron chi connectivity index (χ2n) is 13.9. The number of anilines is 3. The molecular formula is C51H36N2. The lowest BCUT2D eigenvalue weighted by molar-refractivity contribution is 1.18. The summed E-state index contributed by atoms with van der Waals surface area (Å²) in [7, 11) is 0. The van der Waals surface area contributed by atoms with Gasteiger partial charge in [-0.2, -0.15) is 0 Å². The Balaban J connectivity index is 1.23. The monoisotopic (exact) mass is 676 g/mol. The van der Waals surface area contributed by atoms with Gasteiger partial charge in [0.1, 0.15) is 0 Å². The topological polar surface area (TPSA) is 8.17 Å². The minimum Gasteiger partial charge on any atom is -0.310 e. The maximum Gasteiger partial charge on any atom is 0.0561 e. The van der Waals surface area contributed by atoms with Gasteiger partial charge in [-0.3, -0.25) is 0 Å². The Morgan fingerprint density at radius 3 is 1.91 bits per heavy atom. The number of aryl methyl sites for hydroxylation is 1. The lowest BCUT2D eigenvalue weighted by Gasteiger charge is -2.27. The summed E-state index contributed by atoms with van der Waals surface area (Å²) in [4.78, 5) is 2.41. The molecule has 250 valence electrons. The average molecular weight is 677 g/mol. The summed E-state index contributed by atoms with van der Waals surface area (Å²) < 4.78 is 2.39. The van der Waals surface area contributed by atoms with E-state index in [0.29, 0.717) is 0 Å². The fourth-order valence-corrected chi connectivity index (χ4v) is 8.35. The first-order valence-electron chi connectivity index (χ1n) is 18.2. The van der Waals surface area contributed by atoms with Gasteiger partial charge in [0.15, 0.2) is 0 Å². The predicted octanol–water partition coefficient (Wildman–Crippen LogP) is 11.9. The molecule has 1 aliphatic carbocycles. The van der Waals surface area contributed by atoms with Crippen LogP contribution in [-0.2, 0) is 0 Å². The van der Waals surface area contributed by atoms with Gasteiger partial charge in [0.25, 0.3) is 0 Å². The van der Waals surface area contributed by atoms with Crippen molar-refractivity contribution in [2.45, 2.75) is 6.92 Å². The van der Waals surface area contributed by atoms with E-state index < -0.39 is 0 Å². The van der Waals surface area contributed by atoms with Gasteiger partial charge in [-0.15, -0.1) is 0 Å². The standard InChI is InChI=1S/C51H36N2/c1-34-14-9-10-20-42(34)51-47-32-40(28-30-43(47)46-22-13-15-35(2)50(46)51)52(39-26-24-37(25-27-39)36-16-5-3-6-17-36)41-29-31-45-44-21-11-12-23-48(44)53(49(45)33-41)38-18-7-4-8-19-38/h3-33H,1H2,2H3/b51-42-. The molecule has 0 saturated carbocycles. The summed E-state index contributed by atoms with van der Waals surface area (Å²) in [6.07, 6.45) is 0. The summed E-state index contributed by atoms with van der Waals surface area (Å²) in [6.45, 7) is 6.69. The first-order valence-corrected chi connectivity index (χ1v) is 18.2. The molecule has 0 atom stereocenters. The Morgan fingerprint density at radius 1 is 0.453 bits per heavy atom. The number of rotatable bonds is 5. The van der Waals surface area contributed by atoms with Crippen molar-refractivity contribution in [1.29, 1.82) is 0 Å². The third-order valence-corrected chi connectivity index (χ3v) is 10.8. The number of fused-ring (bicyclic) bond motifs is 6. The Morgan fingerprint density at radius 2 is 1.09 bits per heavy atom. The molecule has 2 heteroatoms. The van der Waals surface area contributed by atoms with Crippen molar-refractivity contribution in [2.24, 2.45) is 0 Å². The Bertz CT molecular complexity index is 2950. The molecule has 2 nitrogen and oxygen atoms in total. The van der Waals surface area contributed by atoms with Gasteiger partial charge in [-0.25, -0.2) is 0 Å². The molecule has 1 aliphatic rings. The highest BCUT2D eigenvalue weighted by atomic mass is 15.1. The molecule has 0 bridgehead atoms. The van der Waals surface area contributed by atoms with E-state index in [1.165, 1.54) is 71.5 Å². The van der Waals surface area contributed by atoms with Crippen molar-refractivity contribution in [3.63, 3.8) is 0 Å². The van der Waals surface area contributed by atoms with Crippen LogP contribution < -0.4 is 15.3 Å². The SMILES string of the molecule is C=c1cccc/c1=C1\c2cc(N(c3ccc(-c4ccccc4)cc3)c3ccc4c5ccccc5n(-c5ccccc5)c4c3)ccc2-c2cccc(C)c21. The molecule has 9 aromatic rings. The van der Waals surface area contributed by atoms with Crippen molar-refractivity contribution >= 4 is 51.0 Å². The van der Waals surface area contributed by atoms with E-state index in [1.54, 1.807) is 0 Å². The molecule has 8 aromatic carbocycles. The molecule has 0 saturated heterocycles. The van der Waals surface area contributed by atoms with Crippen LogP contribution in [0, 0.1) is 6.92 Å². The van der Waals surface area contributed by atoms with Gasteiger partial charge >= 0.3 is 0 Å². The van der Waals surface area contributed by atoms with E-state index in [0.717, 1.165) is 28.0 Å². The van der Waals surface area contributed by atoms with Crippen LogP contribution in [0.15, 0.2) is 188 Å². The first-order chi connectivity index (χ1) is 26.1. The molecule has 0 unspecified atom stereocenters. The molecule has 53 heavy (non-hydrogen) atoms. The van der Waals surface area contributed by atoms with E-state index in [2.05, 4.69) is 211 Å². The normalized spacial score (nSPS) is 12.9. The van der Waals surface area contributed by atoms with Crippen LogP contribution >= 0.6 is 0 Å². The minimum atomic E-state index is 1.03. The Hall–Kier alpha value is -6.90. The van der Waals surface area contributed by atoms with Gasteiger partial charge < -0.3 is 9.47 Å². The maximum absolute atomic E-state index is 4.47. The summed E-state index contributed by atoms with van der Waals surface area (Å²) in [6, 6.07) is 68.1. The zero-order valence-corrected chi connectivity index (χ0v) is 29.5. The van der Waals surface area contributed by atoms with Crippen molar-refractivity contribution < 1.29 is 0 Å². The van der Waals surface area contributed by atoms with Crippen LogP contribution in [0.1, 0.15) is 16.7 Å². The lowest BCUT2D eigenvalue weighted by atomic mass is 9.96. The van der Waals surface area contributed by atoms with Crippen LogP contribution in [0.25, 0.3) is 61.9 Å². The highest BCUT2D eigenvalue weighted by molar-refractivity contribution is 6.10. The second kappa shape index (κ2) is 12.4. The molecule has 0 aliphatic heterocycles. The summed E-state index contributed by atoms with van der Waals surface area (Å²) in [5.41, 5.74) is 16.8. The molecule has 0 radical (unpaired) electrons. The van der Waals surface area contributed by atoms with Gasteiger partial charge in [-0.05, 0) is 116 Å². The zero-order valence-electron chi connectivity index (χ0n) is 29.5.